The van der Waals surface area contributed by atoms with Gasteiger partial charge in [-0.05, 0) is 37.0 Å². The maximum atomic E-state index is 10.1. The van der Waals surface area contributed by atoms with E-state index in [-0.39, 0.29) is 6.10 Å². The summed E-state index contributed by atoms with van der Waals surface area (Å²) in [5.74, 6) is 2.29. The van der Waals surface area contributed by atoms with Crippen LogP contribution in [-0.2, 0) is 4.74 Å². The van der Waals surface area contributed by atoms with Gasteiger partial charge in [-0.1, -0.05) is 46.5 Å². The van der Waals surface area contributed by atoms with Crippen molar-refractivity contribution in [1.29, 1.82) is 0 Å². The Kier molecular flexibility index (Phi) is 6.97. The van der Waals surface area contributed by atoms with Crippen LogP contribution in [0.15, 0.2) is 0 Å². The average molecular weight is 297 g/mol. The molecule has 0 radical (unpaired) electrons. The molecule has 0 saturated heterocycles. The molecule has 6 unspecified atom stereocenters. The minimum atomic E-state index is -0.369. The lowest BCUT2D eigenvalue weighted by atomic mass is 9.78. The molecule has 0 bridgehead atoms. The van der Waals surface area contributed by atoms with Crippen LogP contribution in [0.25, 0.3) is 0 Å². The molecule has 3 nitrogen and oxygen atoms in total. The van der Waals surface area contributed by atoms with Gasteiger partial charge in [0.05, 0.1) is 18.8 Å². The van der Waals surface area contributed by atoms with Crippen LogP contribution < -0.4 is 5.32 Å². The quantitative estimate of drug-likeness (QED) is 0.790. The molecule has 0 aromatic carbocycles. The third-order valence-corrected chi connectivity index (χ3v) is 5.74. The summed E-state index contributed by atoms with van der Waals surface area (Å²) in [5, 5.41) is 13.7. The van der Waals surface area contributed by atoms with E-state index in [9.17, 15) is 5.11 Å². The first-order chi connectivity index (χ1) is 10.1. The lowest BCUT2D eigenvalue weighted by Crippen LogP contribution is -2.44. The van der Waals surface area contributed by atoms with Crippen molar-refractivity contribution in [1.82, 2.24) is 5.32 Å². The van der Waals surface area contributed by atoms with Gasteiger partial charge >= 0.3 is 0 Å². The molecule has 0 heterocycles. The van der Waals surface area contributed by atoms with E-state index in [1.165, 1.54) is 38.5 Å². The van der Waals surface area contributed by atoms with Gasteiger partial charge in [-0.2, -0.15) is 0 Å². The topological polar surface area (TPSA) is 41.5 Å². The predicted octanol–water partition coefficient (Wildman–Crippen LogP) is 3.36. The highest BCUT2D eigenvalue weighted by Crippen LogP contribution is 2.29. The molecule has 2 aliphatic rings. The Morgan fingerprint density at radius 2 is 1.86 bits per heavy atom. The molecule has 0 aromatic heterocycles. The van der Waals surface area contributed by atoms with Crippen LogP contribution in [0.4, 0.5) is 0 Å². The summed E-state index contributed by atoms with van der Waals surface area (Å²) >= 11 is 0. The monoisotopic (exact) mass is 297 g/mol. The number of aliphatic hydroxyl groups excluding tert-OH is 1. The summed E-state index contributed by atoms with van der Waals surface area (Å²) in [6.45, 7) is 8.15. The first-order valence-electron chi connectivity index (χ1n) is 9.09. The summed E-state index contributed by atoms with van der Waals surface area (Å²) in [6, 6.07) is 0.568. The lowest BCUT2D eigenvalue weighted by molar-refractivity contribution is -0.0320. The second-order valence-electron chi connectivity index (χ2n) is 7.66. The van der Waals surface area contributed by atoms with Crippen molar-refractivity contribution in [3.63, 3.8) is 0 Å². The van der Waals surface area contributed by atoms with Crippen LogP contribution in [-0.4, -0.2) is 36.5 Å². The van der Waals surface area contributed by atoms with Crippen LogP contribution >= 0.6 is 0 Å². The molecule has 2 saturated carbocycles. The Balaban J connectivity index is 1.61. The Morgan fingerprint density at radius 3 is 2.62 bits per heavy atom. The van der Waals surface area contributed by atoms with Gasteiger partial charge < -0.3 is 15.2 Å². The number of hydrogen-bond acceptors (Lipinski definition) is 3. The molecule has 2 N–H and O–H groups in total. The average Bonchev–Trinajstić information content (AvgIpc) is 2.47. The number of aliphatic hydroxyl groups is 1. The van der Waals surface area contributed by atoms with E-state index >= 15 is 0 Å². The summed E-state index contributed by atoms with van der Waals surface area (Å²) in [4.78, 5) is 0. The summed E-state index contributed by atoms with van der Waals surface area (Å²) < 4.78 is 5.91. The van der Waals surface area contributed by atoms with E-state index in [4.69, 9.17) is 4.74 Å². The molecular weight excluding hydrogens is 262 g/mol. The lowest BCUT2D eigenvalue weighted by Gasteiger charge is -2.35. The van der Waals surface area contributed by atoms with Crippen LogP contribution in [0.2, 0.25) is 0 Å². The Morgan fingerprint density at radius 1 is 1.10 bits per heavy atom. The molecule has 2 rings (SSSR count). The van der Waals surface area contributed by atoms with E-state index in [1.807, 2.05) is 0 Å². The van der Waals surface area contributed by atoms with Crippen LogP contribution in [0.3, 0.4) is 0 Å². The van der Waals surface area contributed by atoms with E-state index in [1.54, 1.807) is 0 Å². The van der Waals surface area contributed by atoms with Gasteiger partial charge in [0.1, 0.15) is 0 Å². The first kappa shape index (κ1) is 17.2. The third-order valence-electron chi connectivity index (χ3n) is 5.74. The summed E-state index contributed by atoms with van der Waals surface area (Å²) in [5.41, 5.74) is 0. The zero-order chi connectivity index (χ0) is 15.2. The molecule has 2 aliphatic carbocycles. The molecule has 0 aliphatic heterocycles. The molecule has 6 atom stereocenters. The second kappa shape index (κ2) is 8.50. The molecule has 2 fully saturated rings. The van der Waals surface area contributed by atoms with Crippen molar-refractivity contribution in [3.05, 3.63) is 0 Å². The number of ether oxygens (including phenoxy) is 1. The number of rotatable bonds is 6. The summed E-state index contributed by atoms with van der Waals surface area (Å²) in [7, 11) is 0. The van der Waals surface area contributed by atoms with Gasteiger partial charge in [-0.15, -0.1) is 0 Å². The van der Waals surface area contributed by atoms with E-state index in [0.717, 1.165) is 18.3 Å². The fourth-order valence-corrected chi connectivity index (χ4v) is 3.99. The fraction of sp³-hybridized carbons (Fsp3) is 1.00. The zero-order valence-corrected chi connectivity index (χ0v) is 14.2. The highest BCUT2D eigenvalue weighted by Gasteiger charge is 2.27. The normalized spacial score (nSPS) is 39.1. The molecule has 21 heavy (non-hydrogen) atoms. The highest BCUT2D eigenvalue weighted by atomic mass is 16.5. The van der Waals surface area contributed by atoms with Gasteiger partial charge in [0.2, 0.25) is 0 Å². The fourth-order valence-electron chi connectivity index (χ4n) is 3.99. The maximum Gasteiger partial charge on any atom is 0.0897 e. The van der Waals surface area contributed by atoms with E-state index in [2.05, 4.69) is 26.1 Å². The van der Waals surface area contributed by atoms with Crippen molar-refractivity contribution in [3.8, 4) is 0 Å². The molecule has 124 valence electrons. The number of hydrogen-bond donors (Lipinski definition) is 2. The van der Waals surface area contributed by atoms with Crippen LogP contribution in [0.5, 0.6) is 0 Å². The van der Waals surface area contributed by atoms with Gasteiger partial charge in [0.15, 0.2) is 0 Å². The minimum absolute atomic E-state index is 0.369. The zero-order valence-electron chi connectivity index (χ0n) is 14.2. The smallest absolute Gasteiger partial charge is 0.0897 e. The SMILES string of the molecule is CC1CCCC(OCC(O)CNC2CCCC(C)C2C)C1. The van der Waals surface area contributed by atoms with Crippen molar-refractivity contribution in [2.75, 3.05) is 13.2 Å². The van der Waals surface area contributed by atoms with Crippen molar-refractivity contribution in [2.45, 2.75) is 84.0 Å². The van der Waals surface area contributed by atoms with E-state index < -0.39 is 0 Å². The Bertz CT molecular complexity index is 297. The molecule has 0 amide bonds. The van der Waals surface area contributed by atoms with Gasteiger partial charge in [-0.3, -0.25) is 0 Å². The van der Waals surface area contributed by atoms with Crippen LogP contribution in [0, 0.1) is 17.8 Å². The third kappa shape index (κ3) is 5.54. The van der Waals surface area contributed by atoms with Crippen molar-refractivity contribution >= 4 is 0 Å². The minimum Gasteiger partial charge on any atom is -0.389 e. The van der Waals surface area contributed by atoms with Crippen LogP contribution in [0.1, 0.15) is 65.7 Å². The van der Waals surface area contributed by atoms with E-state index in [0.29, 0.717) is 31.2 Å². The van der Waals surface area contributed by atoms with Gasteiger partial charge in [0.25, 0.3) is 0 Å². The predicted molar refractivity (Wildman–Crippen MR) is 87.3 cm³/mol. The molecule has 3 heteroatoms. The van der Waals surface area contributed by atoms with Crippen molar-refractivity contribution < 1.29 is 9.84 Å². The first-order valence-corrected chi connectivity index (χ1v) is 9.09. The number of nitrogens with one attached hydrogen (secondary N) is 1. The Labute approximate surface area is 130 Å². The second-order valence-corrected chi connectivity index (χ2v) is 7.66. The Hall–Kier alpha value is -0.120. The maximum absolute atomic E-state index is 10.1. The van der Waals surface area contributed by atoms with Gasteiger partial charge in [-0.25, -0.2) is 0 Å². The highest BCUT2D eigenvalue weighted by molar-refractivity contribution is 4.83. The van der Waals surface area contributed by atoms with Crippen molar-refractivity contribution in [2.24, 2.45) is 17.8 Å². The summed E-state index contributed by atoms with van der Waals surface area (Å²) in [6.07, 6.45) is 8.86. The molecule has 0 spiro atoms. The standard InChI is InChI=1S/C18H35NO2/c1-13-6-4-8-17(10-13)21-12-16(20)11-19-18-9-5-7-14(2)15(18)3/h13-20H,4-12H2,1-3H3. The van der Waals surface area contributed by atoms with Gasteiger partial charge in [0, 0.05) is 12.6 Å². The largest absolute Gasteiger partial charge is 0.389 e. The molecular formula is C18H35NO2. The molecule has 0 aromatic rings.